The largest absolute Gasteiger partial charge is 0.347 e. The zero-order valence-corrected chi connectivity index (χ0v) is 9.01. The van der Waals surface area contributed by atoms with Gasteiger partial charge >= 0.3 is 0 Å². The lowest BCUT2D eigenvalue weighted by molar-refractivity contribution is 0.494. The van der Waals surface area contributed by atoms with Crippen LogP contribution in [0, 0.1) is 0 Å². The minimum absolute atomic E-state index is 0.326. The van der Waals surface area contributed by atoms with Gasteiger partial charge in [-0.2, -0.15) is 0 Å². The fraction of sp³-hybridized carbons (Fsp3) is 0.545. The van der Waals surface area contributed by atoms with Crippen molar-refractivity contribution in [2.24, 2.45) is 0 Å². The van der Waals surface area contributed by atoms with E-state index < -0.39 is 0 Å². The number of nitrogens with zero attached hydrogens (tertiary/aromatic N) is 1. The summed E-state index contributed by atoms with van der Waals surface area (Å²) >= 11 is 0. The van der Waals surface area contributed by atoms with Crippen molar-refractivity contribution in [3.63, 3.8) is 0 Å². The molecule has 3 heteroatoms. The Morgan fingerprint density at radius 3 is 3.00 bits per heavy atom. The highest BCUT2D eigenvalue weighted by molar-refractivity contribution is 4.98. The van der Waals surface area contributed by atoms with Gasteiger partial charge in [-0.05, 0) is 26.3 Å². The van der Waals surface area contributed by atoms with E-state index in [0.29, 0.717) is 6.04 Å². The van der Waals surface area contributed by atoms with Crippen LogP contribution in [0.3, 0.4) is 0 Å². The first-order valence-electron chi connectivity index (χ1n) is 5.11. The van der Waals surface area contributed by atoms with Crippen LogP contribution in [0.2, 0.25) is 0 Å². The Balaban J connectivity index is 2.51. The molecule has 1 aromatic rings. The summed E-state index contributed by atoms with van der Waals surface area (Å²) in [5, 5.41) is 3.41. The monoisotopic (exact) mass is 193 g/mol. The van der Waals surface area contributed by atoms with Crippen LogP contribution in [-0.2, 0) is 0 Å². The molecule has 0 aliphatic heterocycles. The first kappa shape index (κ1) is 11.0. The zero-order chi connectivity index (χ0) is 10.4. The summed E-state index contributed by atoms with van der Waals surface area (Å²) in [6, 6.07) is 0.326. The van der Waals surface area contributed by atoms with Crippen LogP contribution >= 0.6 is 0 Å². The van der Waals surface area contributed by atoms with Gasteiger partial charge in [0.2, 0.25) is 0 Å². The maximum absolute atomic E-state index is 4.27. The molecule has 0 saturated heterocycles. The van der Waals surface area contributed by atoms with Gasteiger partial charge in [-0.1, -0.05) is 12.5 Å². The van der Waals surface area contributed by atoms with E-state index in [1.807, 2.05) is 6.20 Å². The van der Waals surface area contributed by atoms with E-state index in [0.717, 1.165) is 25.2 Å². The van der Waals surface area contributed by atoms with Crippen LogP contribution in [-0.4, -0.2) is 16.5 Å². The molecule has 0 saturated carbocycles. The predicted molar refractivity (Wildman–Crippen MR) is 59.1 cm³/mol. The van der Waals surface area contributed by atoms with E-state index in [4.69, 9.17) is 0 Å². The Labute approximate surface area is 85.6 Å². The number of allylic oxidation sites excluding steroid dienone is 1. The molecule has 0 radical (unpaired) electrons. The van der Waals surface area contributed by atoms with Crippen molar-refractivity contribution in [1.82, 2.24) is 15.3 Å². The van der Waals surface area contributed by atoms with E-state index in [2.05, 4.69) is 35.7 Å². The Kier molecular flexibility index (Phi) is 4.40. The molecule has 1 heterocycles. The molecule has 1 atom stereocenters. The smallest absolute Gasteiger partial charge is 0.123 e. The Morgan fingerprint density at radius 1 is 1.71 bits per heavy atom. The molecule has 0 aliphatic rings. The normalized spacial score (nSPS) is 12.7. The number of aromatic amines is 1. The average molecular weight is 193 g/mol. The van der Waals surface area contributed by atoms with Gasteiger partial charge in [0.1, 0.15) is 5.82 Å². The van der Waals surface area contributed by atoms with Crippen molar-refractivity contribution in [2.75, 3.05) is 6.54 Å². The van der Waals surface area contributed by atoms with E-state index >= 15 is 0 Å². The lowest BCUT2D eigenvalue weighted by Gasteiger charge is -2.15. The Bertz CT molecular complexity index is 264. The molecule has 0 aliphatic carbocycles. The summed E-state index contributed by atoms with van der Waals surface area (Å²) in [5.41, 5.74) is 1.22. The van der Waals surface area contributed by atoms with E-state index in [-0.39, 0.29) is 0 Å². The molecule has 2 N–H and O–H groups in total. The van der Waals surface area contributed by atoms with Crippen LogP contribution < -0.4 is 5.32 Å². The van der Waals surface area contributed by atoms with E-state index in [1.165, 1.54) is 5.57 Å². The predicted octanol–water partition coefficient (Wildman–Crippen LogP) is 2.42. The third kappa shape index (κ3) is 3.34. The summed E-state index contributed by atoms with van der Waals surface area (Å²) in [4.78, 5) is 7.41. The lowest BCUT2D eigenvalue weighted by atomic mass is 10.1. The minimum Gasteiger partial charge on any atom is -0.347 e. The fourth-order valence-corrected chi connectivity index (χ4v) is 1.44. The third-order valence-electron chi connectivity index (χ3n) is 2.16. The van der Waals surface area contributed by atoms with Crippen molar-refractivity contribution >= 4 is 0 Å². The molecule has 78 valence electrons. The number of hydrogen-bond acceptors (Lipinski definition) is 2. The van der Waals surface area contributed by atoms with Gasteiger partial charge in [-0.25, -0.2) is 4.98 Å². The molecular formula is C11H19N3. The van der Waals surface area contributed by atoms with Crippen LogP contribution in [0.5, 0.6) is 0 Å². The second-order valence-electron chi connectivity index (χ2n) is 3.58. The average Bonchev–Trinajstić information content (AvgIpc) is 2.64. The number of H-pyrrole nitrogens is 1. The van der Waals surface area contributed by atoms with E-state index in [9.17, 15) is 0 Å². The zero-order valence-electron chi connectivity index (χ0n) is 9.01. The van der Waals surface area contributed by atoms with Crippen LogP contribution in [0.25, 0.3) is 0 Å². The summed E-state index contributed by atoms with van der Waals surface area (Å²) < 4.78 is 0. The van der Waals surface area contributed by atoms with Crippen molar-refractivity contribution in [3.8, 4) is 0 Å². The molecular weight excluding hydrogens is 174 g/mol. The first-order chi connectivity index (χ1) is 6.74. The fourth-order valence-electron chi connectivity index (χ4n) is 1.44. The maximum atomic E-state index is 4.27. The second kappa shape index (κ2) is 5.60. The van der Waals surface area contributed by atoms with Crippen LogP contribution in [0.4, 0.5) is 0 Å². The highest BCUT2D eigenvalue weighted by Gasteiger charge is 2.11. The maximum Gasteiger partial charge on any atom is 0.123 e. The topological polar surface area (TPSA) is 40.7 Å². The number of nitrogens with one attached hydrogen (secondary N) is 2. The summed E-state index contributed by atoms with van der Waals surface area (Å²) in [7, 11) is 0. The van der Waals surface area contributed by atoms with Gasteiger partial charge in [0, 0.05) is 12.4 Å². The van der Waals surface area contributed by atoms with Crippen molar-refractivity contribution in [2.45, 2.75) is 32.7 Å². The standard InChI is InChI=1S/C11H19N3/c1-4-12-10(6-5-9(2)3)11-13-7-8-14-11/h7-8,10,12H,2,4-6H2,1,3H3,(H,13,14). The van der Waals surface area contributed by atoms with Gasteiger partial charge in [0.15, 0.2) is 0 Å². The van der Waals surface area contributed by atoms with Crippen LogP contribution in [0.1, 0.15) is 38.6 Å². The molecule has 3 nitrogen and oxygen atoms in total. The molecule has 0 fully saturated rings. The highest BCUT2D eigenvalue weighted by Crippen LogP contribution is 2.16. The Hall–Kier alpha value is -1.09. The highest BCUT2D eigenvalue weighted by atomic mass is 15.0. The summed E-state index contributed by atoms with van der Waals surface area (Å²) in [6.45, 7) is 9.04. The molecule has 1 unspecified atom stereocenters. The molecule has 0 bridgehead atoms. The quantitative estimate of drug-likeness (QED) is 0.681. The third-order valence-corrected chi connectivity index (χ3v) is 2.16. The van der Waals surface area contributed by atoms with Gasteiger partial charge in [-0.15, -0.1) is 6.58 Å². The van der Waals surface area contributed by atoms with Gasteiger partial charge in [0.05, 0.1) is 6.04 Å². The first-order valence-corrected chi connectivity index (χ1v) is 5.11. The van der Waals surface area contributed by atoms with Gasteiger partial charge in [0.25, 0.3) is 0 Å². The number of rotatable bonds is 6. The number of hydrogen-bond donors (Lipinski definition) is 2. The second-order valence-corrected chi connectivity index (χ2v) is 3.58. The Morgan fingerprint density at radius 2 is 2.50 bits per heavy atom. The SMILES string of the molecule is C=C(C)CCC(NCC)c1ncc[nH]1. The molecule has 1 rings (SSSR count). The summed E-state index contributed by atoms with van der Waals surface area (Å²) in [5.74, 6) is 1.02. The molecule has 0 spiro atoms. The summed E-state index contributed by atoms with van der Waals surface area (Å²) in [6.07, 6.45) is 5.75. The molecule has 1 aromatic heterocycles. The molecule has 0 amide bonds. The minimum atomic E-state index is 0.326. The van der Waals surface area contributed by atoms with E-state index in [1.54, 1.807) is 6.20 Å². The molecule has 0 aromatic carbocycles. The van der Waals surface area contributed by atoms with Crippen molar-refractivity contribution < 1.29 is 0 Å². The number of aromatic nitrogens is 2. The number of imidazole rings is 1. The van der Waals surface area contributed by atoms with Crippen LogP contribution in [0.15, 0.2) is 24.5 Å². The van der Waals surface area contributed by atoms with Crippen molar-refractivity contribution in [3.05, 3.63) is 30.4 Å². The van der Waals surface area contributed by atoms with Crippen molar-refractivity contribution in [1.29, 1.82) is 0 Å². The van der Waals surface area contributed by atoms with Gasteiger partial charge < -0.3 is 10.3 Å². The van der Waals surface area contributed by atoms with Gasteiger partial charge in [-0.3, -0.25) is 0 Å². The lowest BCUT2D eigenvalue weighted by Crippen LogP contribution is -2.22. The molecule has 14 heavy (non-hydrogen) atoms.